The molecule has 1 unspecified atom stereocenters. The zero-order valence-electron chi connectivity index (χ0n) is 19.8. The van der Waals surface area contributed by atoms with Crippen LogP contribution in [-0.2, 0) is 0 Å². The molecule has 1 amide bonds. The van der Waals surface area contributed by atoms with Crippen molar-refractivity contribution in [3.05, 3.63) is 71.9 Å². The van der Waals surface area contributed by atoms with Crippen LogP contribution in [-0.4, -0.2) is 73.3 Å². The van der Waals surface area contributed by atoms with E-state index >= 15 is 0 Å². The van der Waals surface area contributed by atoms with Crippen molar-refractivity contribution in [3.63, 3.8) is 0 Å². The van der Waals surface area contributed by atoms with Gasteiger partial charge >= 0.3 is 12.7 Å². The average molecular weight is 511 g/mol. The summed E-state index contributed by atoms with van der Waals surface area (Å²) in [6.07, 6.45) is 2.77. The van der Waals surface area contributed by atoms with Gasteiger partial charge in [-0.2, -0.15) is 8.78 Å². The van der Waals surface area contributed by atoms with Crippen LogP contribution >= 0.6 is 0 Å². The van der Waals surface area contributed by atoms with Gasteiger partial charge in [-0.15, -0.1) is 0 Å². The fraction of sp³-hybridized carbons (Fsp3) is 0.280. The molecule has 1 fully saturated rings. The Balaban J connectivity index is 1.43. The molecule has 4 aromatic rings. The number of aromatic nitrogens is 4. The fourth-order valence-electron chi connectivity index (χ4n) is 4.48. The van der Waals surface area contributed by atoms with Crippen LogP contribution in [0.25, 0.3) is 16.9 Å². The average Bonchev–Trinajstić information content (AvgIpc) is 3.23. The monoisotopic (exact) mass is 510 g/mol. The number of halogens is 2. The molecule has 12 heteroatoms. The first-order valence-electron chi connectivity index (χ1n) is 11.6. The molecule has 4 heterocycles. The minimum Gasteiger partial charge on any atom is -0.465 e. The van der Waals surface area contributed by atoms with Crippen LogP contribution in [0.3, 0.4) is 0 Å². The number of rotatable bonds is 6. The number of amides is 1. The Bertz CT molecular complexity index is 1420. The number of nitrogens with zero attached hydrogens (tertiary/aromatic N) is 6. The number of para-hydroxylation sites is 1. The minimum atomic E-state index is -3.02. The molecule has 0 saturated carbocycles. The highest BCUT2D eigenvalue weighted by atomic mass is 19.3. The third-order valence-electron chi connectivity index (χ3n) is 6.34. The molecule has 1 aliphatic heterocycles. The Morgan fingerprint density at radius 2 is 1.81 bits per heavy atom. The number of pyridine rings is 1. The minimum absolute atomic E-state index is 0.113. The first kappa shape index (κ1) is 24.4. The third kappa shape index (κ3) is 4.87. The Hall–Kier alpha value is -4.32. The van der Waals surface area contributed by atoms with Gasteiger partial charge in [0, 0.05) is 49.7 Å². The second-order valence-electron chi connectivity index (χ2n) is 8.56. The normalized spacial score (nSPS) is 14.8. The number of fused-ring (bicyclic) bond motifs is 1. The number of imidazole rings is 1. The lowest BCUT2D eigenvalue weighted by molar-refractivity contribution is -0.0513. The molecule has 192 valence electrons. The van der Waals surface area contributed by atoms with Gasteiger partial charge in [0.2, 0.25) is 0 Å². The van der Waals surface area contributed by atoms with Crippen LogP contribution in [0, 0.1) is 6.92 Å². The first-order chi connectivity index (χ1) is 17.8. The summed E-state index contributed by atoms with van der Waals surface area (Å²) in [6.45, 7) is 0.622. The molecule has 37 heavy (non-hydrogen) atoms. The number of aliphatic hydroxyl groups is 1. The molecule has 10 nitrogen and oxygen atoms in total. The molecule has 1 aliphatic rings. The number of benzene rings is 1. The van der Waals surface area contributed by atoms with Gasteiger partial charge in [-0.05, 0) is 25.1 Å². The maximum Gasteiger partial charge on any atom is 0.407 e. The van der Waals surface area contributed by atoms with E-state index in [-0.39, 0.29) is 11.3 Å². The van der Waals surface area contributed by atoms with E-state index in [1.54, 1.807) is 42.0 Å². The van der Waals surface area contributed by atoms with Crippen LogP contribution in [0.4, 0.5) is 19.4 Å². The predicted octanol–water partition coefficient (Wildman–Crippen LogP) is 3.58. The van der Waals surface area contributed by atoms with Crippen molar-refractivity contribution in [2.24, 2.45) is 0 Å². The summed E-state index contributed by atoms with van der Waals surface area (Å²) in [5.41, 5.74) is 2.91. The Labute approximate surface area is 210 Å². The largest absolute Gasteiger partial charge is 0.465 e. The number of hydrogen-bond donors (Lipinski definition) is 2. The molecule has 5 rings (SSSR count). The summed E-state index contributed by atoms with van der Waals surface area (Å²) in [6, 6.07) is 9.82. The lowest BCUT2D eigenvalue weighted by Gasteiger charge is -2.33. The zero-order chi connectivity index (χ0) is 26.1. The van der Waals surface area contributed by atoms with E-state index in [1.165, 1.54) is 17.0 Å². The van der Waals surface area contributed by atoms with E-state index in [2.05, 4.69) is 19.7 Å². The molecule has 0 radical (unpaired) electrons. The number of alkyl halides is 2. The summed E-state index contributed by atoms with van der Waals surface area (Å²) < 4.78 is 32.1. The Morgan fingerprint density at radius 1 is 1.05 bits per heavy atom. The van der Waals surface area contributed by atoms with Gasteiger partial charge in [0.05, 0.1) is 23.3 Å². The molecular formula is C25H24F2N6O4. The van der Waals surface area contributed by atoms with E-state index in [0.29, 0.717) is 48.9 Å². The smallest absolute Gasteiger partial charge is 0.407 e. The molecular weight excluding hydrogens is 486 g/mol. The van der Waals surface area contributed by atoms with Crippen LogP contribution in [0.15, 0.2) is 55.0 Å². The molecule has 1 atom stereocenters. The summed E-state index contributed by atoms with van der Waals surface area (Å²) in [5, 5.41) is 20.3. The summed E-state index contributed by atoms with van der Waals surface area (Å²) in [7, 11) is 0. The second-order valence-corrected chi connectivity index (χ2v) is 8.56. The Morgan fingerprint density at radius 3 is 2.49 bits per heavy atom. The Kier molecular flexibility index (Phi) is 6.57. The highest BCUT2D eigenvalue weighted by Gasteiger charge is 2.24. The number of piperazine rings is 1. The topological polar surface area (TPSA) is 116 Å². The number of anilines is 1. The zero-order valence-corrected chi connectivity index (χ0v) is 19.8. The quantitative estimate of drug-likeness (QED) is 0.404. The fourth-order valence-corrected chi connectivity index (χ4v) is 4.48. The van der Waals surface area contributed by atoms with Gasteiger partial charge in [-0.25, -0.2) is 14.8 Å². The highest BCUT2D eigenvalue weighted by molar-refractivity contribution is 5.66. The molecule has 0 spiro atoms. The number of aliphatic hydroxyl groups excluding tert-OH is 1. The van der Waals surface area contributed by atoms with Crippen LogP contribution < -0.4 is 9.64 Å². The van der Waals surface area contributed by atoms with Crippen molar-refractivity contribution >= 4 is 17.6 Å². The van der Waals surface area contributed by atoms with Gasteiger partial charge in [-0.3, -0.25) is 9.38 Å². The van der Waals surface area contributed by atoms with Crippen molar-refractivity contribution < 1.29 is 28.5 Å². The van der Waals surface area contributed by atoms with E-state index in [9.17, 15) is 18.7 Å². The number of carbonyl (C=O) groups is 1. The SMILES string of the molecule is Cc1nc2cnc(-c3ccc(N4CCN(C(=O)O)CC4)nc3)cn2c1C(O)c1ccccc1OC(F)F. The lowest BCUT2D eigenvalue weighted by Crippen LogP contribution is -2.48. The maximum absolute atomic E-state index is 12.9. The number of aryl methyl sites for hydroxylation is 1. The molecule has 0 bridgehead atoms. The first-order valence-corrected chi connectivity index (χ1v) is 11.6. The van der Waals surface area contributed by atoms with E-state index in [0.717, 1.165) is 11.4 Å². The maximum atomic E-state index is 12.9. The van der Waals surface area contributed by atoms with Crippen molar-refractivity contribution in [2.75, 3.05) is 31.1 Å². The molecule has 1 aromatic carbocycles. The molecule has 3 aromatic heterocycles. The second kappa shape index (κ2) is 9.97. The number of ether oxygens (including phenoxy) is 1. The van der Waals surface area contributed by atoms with Crippen LogP contribution in [0.5, 0.6) is 5.75 Å². The van der Waals surface area contributed by atoms with Crippen molar-refractivity contribution in [2.45, 2.75) is 19.6 Å². The summed E-state index contributed by atoms with van der Waals surface area (Å²) in [4.78, 5) is 28.0. The van der Waals surface area contributed by atoms with Gasteiger partial charge in [0.15, 0.2) is 5.65 Å². The van der Waals surface area contributed by atoms with Gasteiger partial charge < -0.3 is 24.7 Å². The van der Waals surface area contributed by atoms with Gasteiger partial charge in [-0.1, -0.05) is 18.2 Å². The van der Waals surface area contributed by atoms with Gasteiger partial charge in [0.25, 0.3) is 0 Å². The highest BCUT2D eigenvalue weighted by Crippen LogP contribution is 2.33. The number of carboxylic acid groups (broad SMARTS) is 1. The molecule has 0 aliphatic carbocycles. The van der Waals surface area contributed by atoms with Crippen LogP contribution in [0.2, 0.25) is 0 Å². The molecule has 2 N–H and O–H groups in total. The standard InChI is InChI=1S/C25H24F2N6O4/c1-15-22(23(34)17-4-2-3-5-19(17)37-24(26)27)33-14-18(28-13-21(33)30-15)16-6-7-20(29-12-16)31-8-10-32(11-9-31)25(35)36/h2-7,12-14,23-24,34H,8-11H2,1H3,(H,35,36). The number of hydrogen-bond acceptors (Lipinski definition) is 7. The van der Waals surface area contributed by atoms with Crippen molar-refractivity contribution in [1.29, 1.82) is 0 Å². The summed E-state index contributed by atoms with van der Waals surface area (Å²) in [5.74, 6) is 0.623. The van der Waals surface area contributed by atoms with E-state index < -0.39 is 18.8 Å². The predicted molar refractivity (Wildman–Crippen MR) is 130 cm³/mol. The molecule has 1 saturated heterocycles. The van der Waals surface area contributed by atoms with E-state index in [1.807, 2.05) is 17.0 Å². The van der Waals surface area contributed by atoms with Crippen LogP contribution in [0.1, 0.15) is 23.1 Å². The lowest BCUT2D eigenvalue weighted by atomic mass is 10.0. The van der Waals surface area contributed by atoms with Gasteiger partial charge in [0.1, 0.15) is 17.7 Å². The van der Waals surface area contributed by atoms with Crippen molar-refractivity contribution in [3.8, 4) is 17.0 Å². The third-order valence-corrected chi connectivity index (χ3v) is 6.34. The van der Waals surface area contributed by atoms with E-state index in [4.69, 9.17) is 5.11 Å². The summed E-state index contributed by atoms with van der Waals surface area (Å²) >= 11 is 0. The van der Waals surface area contributed by atoms with Crippen molar-refractivity contribution in [1.82, 2.24) is 24.3 Å².